The van der Waals surface area contributed by atoms with E-state index < -0.39 is 0 Å². The van der Waals surface area contributed by atoms with E-state index in [-0.39, 0.29) is 0 Å². The Bertz CT molecular complexity index is 644. The van der Waals surface area contributed by atoms with E-state index in [4.69, 9.17) is 0 Å². The molecule has 128 valence electrons. The lowest BCUT2D eigenvalue weighted by Crippen LogP contribution is -2.61. The second-order valence-electron chi connectivity index (χ2n) is 8.74. The fraction of sp³-hybridized carbons (Fsp3) is 0.682. The molecule has 0 amide bonds. The van der Waals surface area contributed by atoms with Crippen molar-refractivity contribution in [2.75, 3.05) is 19.6 Å². The van der Waals surface area contributed by atoms with E-state index in [1.165, 1.54) is 75.7 Å². The summed E-state index contributed by atoms with van der Waals surface area (Å²) in [5.74, 6) is 1.83. The molecule has 3 fully saturated rings. The fourth-order valence-electron chi connectivity index (χ4n) is 6.20. The lowest BCUT2D eigenvalue weighted by atomic mass is 9.71. The Kier molecular flexibility index (Phi) is 3.77. The highest BCUT2D eigenvalue weighted by atomic mass is 15.2. The Labute approximate surface area is 146 Å². The molecule has 0 N–H and O–H groups in total. The molecule has 0 aliphatic carbocycles. The van der Waals surface area contributed by atoms with Crippen molar-refractivity contribution in [3.8, 4) is 0 Å². The largest absolute Gasteiger partial charge is 0.299 e. The number of piperidine rings is 3. The van der Waals surface area contributed by atoms with Crippen LogP contribution in [-0.4, -0.2) is 46.9 Å². The van der Waals surface area contributed by atoms with E-state index in [0.29, 0.717) is 0 Å². The van der Waals surface area contributed by atoms with Crippen molar-refractivity contribution < 1.29 is 4.58 Å². The number of aryl methyl sites for hydroxylation is 1. The molecule has 2 heteroatoms. The van der Waals surface area contributed by atoms with E-state index in [9.17, 15) is 0 Å². The molecule has 0 unspecified atom stereocenters. The second kappa shape index (κ2) is 5.98. The van der Waals surface area contributed by atoms with Gasteiger partial charge in [0.15, 0.2) is 11.8 Å². The normalized spacial score (nSPS) is 36.2. The summed E-state index contributed by atoms with van der Waals surface area (Å²) in [6.07, 6.45) is 9.94. The zero-order valence-corrected chi connectivity index (χ0v) is 15.1. The SMILES string of the molecule is Cc1ccc(C2=[N+]3C[C@@H]4C[C@@H](CN5CCCC[C@@H]45)[C@H]3CCC2)cc1. The molecule has 5 rings (SSSR count). The van der Waals surface area contributed by atoms with Crippen LogP contribution in [0.3, 0.4) is 0 Å². The Hall–Kier alpha value is -1.15. The van der Waals surface area contributed by atoms with Crippen molar-refractivity contribution >= 4 is 5.71 Å². The van der Waals surface area contributed by atoms with Crippen LogP contribution in [0.5, 0.6) is 0 Å². The van der Waals surface area contributed by atoms with Crippen molar-refractivity contribution in [2.24, 2.45) is 11.8 Å². The van der Waals surface area contributed by atoms with Gasteiger partial charge < -0.3 is 0 Å². The number of nitrogens with zero attached hydrogens (tertiary/aromatic N) is 2. The van der Waals surface area contributed by atoms with E-state index >= 15 is 0 Å². The van der Waals surface area contributed by atoms with Crippen LogP contribution in [0.2, 0.25) is 0 Å². The summed E-state index contributed by atoms with van der Waals surface area (Å²) in [6, 6.07) is 11.0. The van der Waals surface area contributed by atoms with Gasteiger partial charge in [0.05, 0.1) is 0 Å². The van der Waals surface area contributed by atoms with Crippen LogP contribution in [0.25, 0.3) is 0 Å². The summed E-state index contributed by atoms with van der Waals surface area (Å²) < 4.78 is 2.87. The van der Waals surface area contributed by atoms with Crippen LogP contribution in [0.15, 0.2) is 24.3 Å². The zero-order valence-electron chi connectivity index (χ0n) is 15.1. The van der Waals surface area contributed by atoms with Crippen LogP contribution in [0.1, 0.15) is 56.1 Å². The highest BCUT2D eigenvalue weighted by molar-refractivity contribution is 5.97. The van der Waals surface area contributed by atoms with Gasteiger partial charge in [-0.1, -0.05) is 24.1 Å². The number of fused-ring (bicyclic) bond motifs is 6. The molecule has 24 heavy (non-hydrogen) atoms. The highest BCUT2D eigenvalue weighted by Gasteiger charge is 2.50. The summed E-state index contributed by atoms with van der Waals surface area (Å²) >= 11 is 0. The Morgan fingerprint density at radius 1 is 1.00 bits per heavy atom. The number of hydrogen-bond donors (Lipinski definition) is 0. The third kappa shape index (κ3) is 2.45. The molecule has 4 heterocycles. The van der Waals surface area contributed by atoms with Gasteiger partial charge in [-0.2, -0.15) is 0 Å². The van der Waals surface area contributed by atoms with E-state index in [0.717, 1.165) is 23.9 Å². The first-order valence-corrected chi connectivity index (χ1v) is 10.2. The molecule has 4 aliphatic heterocycles. The van der Waals surface area contributed by atoms with Gasteiger partial charge >= 0.3 is 0 Å². The molecule has 1 aromatic carbocycles. The molecule has 2 bridgehead atoms. The minimum atomic E-state index is 0.814. The summed E-state index contributed by atoms with van der Waals surface area (Å²) in [7, 11) is 0. The molecule has 0 radical (unpaired) electrons. The van der Waals surface area contributed by atoms with E-state index in [2.05, 4.69) is 40.7 Å². The number of hydrogen-bond acceptors (Lipinski definition) is 1. The second-order valence-corrected chi connectivity index (χ2v) is 8.74. The van der Waals surface area contributed by atoms with Crippen molar-refractivity contribution in [2.45, 2.75) is 64.0 Å². The van der Waals surface area contributed by atoms with Crippen LogP contribution < -0.4 is 0 Å². The first kappa shape index (κ1) is 15.1. The predicted octanol–water partition coefficient (Wildman–Crippen LogP) is 3.85. The fourth-order valence-corrected chi connectivity index (χ4v) is 6.20. The minimum absolute atomic E-state index is 0.814. The average molecular weight is 324 g/mol. The predicted molar refractivity (Wildman–Crippen MR) is 98.9 cm³/mol. The molecule has 4 aliphatic rings. The van der Waals surface area contributed by atoms with Gasteiger partial charge in [0.2, 0.25) is 0 Å². The lowest BCUT2D eigenvalue weighted by molar-refractivity contribution is -0.603. The maximum absolute atomic E-state index is 2.87. The quantitative estimate of drug-likeness (QED) is 0.712. The van der Waals surface area contributed by atoms with Gasteiger partial charge in [0.25, 0.3) is 0 Å². The summed E-state index contributed by atoms with van der Waals surface area (Å²) in [5.41, 5.74) is 4.52. The van der Waals surface area contributed by atoms with Gasteiger partial charge in [-0.05, 0) is 51.3 Å². The van der Waals surface area contributed by atoms with Gasteiger partial charge in [-0.15, -0.1) is 0 Å². The van der Waals surface area contributed by atoms with Crippen molar-refractivity contribution in [1.82, 2.24) is 4.90 Å². The van der Waals surface area contributed by atoms with Crippen LogP contribution >= 0.6 is 0 Å². The summed E-state index contributed by atoms with van der Waals surface area (Å²) in [6.45, 7) is 6.27. The van der Waals surface area contributed by atoms with Gasteiger partial charge in [0, 0.05) is 42.8 Å². The maximum Gasteiger partial charge on any atom is 0.183 e. The maximum atomic E-state index is 2.87. The van der Waals surface area contributed by atoms with E-state index in [1.807, 2.05) is 0 Å². The number of rotatable bonds is 1. The molecule has 3 saturated heterocycles. The molecule has 1 aromatic rings. The van der Waals surface area contributed by atoms with Crippen molar-refractivity contribution in [1.29, 1.82) is 0 Å². The van der Waals surface area contributed by atoms with Crippen LogP contribution in [0, 0.1) is 18.8 Å². The summed E-state index contributed by atoms with van der Waals surface area (Å²) in [5, 5.41) is 0. The molecule has 0 saturated carbocycles. The topological polar surface area (TPSA) is 6.25 Å². The standard InChI is InChI=1S/C22H31N2/c1-16-8-10-17(11-9-16)21-6-4-7-22-18-13-19(15-24(21)22)20-5-2-3-12-23(20)14-18/h8-11,18-20,22H,2-7,12-15H2,1H3/q+1/t18-,19-,20-,22+/m0/s1. The Balaban J connectivity index is 1.52. The zero-order chi connectivity index (χ0) is 16.1. The average Bonchev–Trinajstić information content (AvgIpc) is 2.62. The first-order valence-electron chi connectivity index (χ1n) is 10.2. The van der Waals surface area contributed by atoms with Crippen LogP contribution in [-0.2, 0) is 0 Å². The number of benzene rings is 1. The molecule has 2 nitrogen and oxygen atoms in total. The minimum Gasteiger partial charge on any atom is -0.299 e. The highest BCUT2D eigenvalue weighted by Crippen LogP contribution is 2.41. The molecule has 4 atom stereocenters. The van der Waals surface area contributed by atoms with E-state index in [1.54, 1.807) is 5.71 Å². The van der Waals surface area contributed by atoms with Crippen molar-refractivity contribution in [3.63, 3.8) is 0 Å². The lowest BCUT2D eigenvalue weighted by Gasteiger charge is -2.51. The third-order valence-electron chi connectivity index (χ3n) is 7.30. The van der Waals surface area contributed by atoms with Crippen LogP contribution in [0.4, 0.5) is 0 Å². The van der Waals surface area contributed by atoms with Gasteiger partial charge in [0.1, 0.15) is 6.54 Å². The molecular formula is C22H31N2+. The van der Waals surface area contributed by atoms with Crippen molar-refractivity contribution in [3.05, 3.63) is 35.4 Å². The monoisotopic (exact) mass is 323 g/mol. The Morgan fingerprint density at radius 2 is 1.88 bits per heavy atom. The van der Waals surface area contributed by atoms with Gasteiger partial charge in [-0.25, -0.2) is 4.58 Å². The third-order valence-corrected chi connectivity index (χ3v) is 7.30. The smallest absolute Gasteiger partial charge is 0.183 e. The first-order chi connectivity index (χ1) is 11.8. The molecule has 0 aromatic heterocycles. The summed E-state index contributed by atoms with van der Waals surface area (Å²) in [4.78, 5) is 2.87. The van der Waals surface area contributed by atoms with Gasteiger partial charge in [-0.3, -0.25) is 4.90 Å². The molecule has 0 spiro atoms. The Morgan fingerprint density at radius 3 is 2.75 bits per heavy atom. The molecular weight excluding hydrogens is 292 g/mol.